The number of alkyl halides is 1. The molecule has 0 saturated heterocycles. The van der Waals surface area contributed by atoms with Crippen LogP contribution < -0.4 is 16.4 Å². The zero-order chi connectivity index (χ0) is 24.3. The molecular formula is C29H54FN3O. The second-order valence-electron chi connectivity index (χ2n) is 13.2. The van der Waals surface area contributed by atoms with Gasteiger partial charge in [-0.2, -0.15) is 0 Å². The first-order valence-electron chi connectivity index (χ1n) is 14.7. The summed E-state index contributed by atoms with van der Waals surface area (Å²) in [6, 6.07) is 0.564. The van der Waals surface area contributed by atoms with Crippen molar-refractivity contribution in [1.82, 2.24) is 10.6 Å². The number of unbranched alkanes of at least 4 members (excludes halogenated alkanes) is 1. The van der Waals surface area contributed by atoms with Crippen LogP contribution in [0.5, 0.6) is 0 Å². The highest BCUT2D eigenvalue weighted by molar-refractivity contribution is 5.12. The lowest BCUT2D eigenvalue weighted by Crippen LogP contribution is -2.58. The number of hydrogen-bond acceptors (Lipinski definition) is 4. The van der Waals surface area contributed by atoms with Gasteiger partial charge in [0.15, 0.2) is 0 Å². The minimum absolute atomic E-state index is 0.230. The van der Waals surface area contributed by atoms with Gasteiger partial charge < -0.3 is 21.5 Å². The van der Waals surface area contributed by atoms with E-state index in [1.807, 2.05) is 0 Å². The molecule has 0 amide bonds. The van der Waals surface area contributed by atoms with Crippen LogP contribution in [0.1, 0.15) is 91.4 Å². The van der Waals surface area contributed by atoms with Gasteiger partial charge in [-0.1, -0.05) is 20.8 Å². The smallest absolute Gasteiger partial charge is 0.104 e. The van der Waals surface area contributed by atoms with Gasteiger partial charge in [-0.3, -0.25) is 0 Å². The molecule has 34 heavy (non-hydrogen) atoms. The second-order valence-corrected chi connectivity index (χ2v) is 13.2. The maximum atomic E-state index is 16.0. The molecule has 5 heteroatoms. The monoisotopic (exact) mass is 479 g/mol. The Hall–Kier alpha value is -0.230. The average molecular weight is 480 g/mol. The molecule has 0 spiro atoms. The van der Waals surface area contributed by atoms with E-state index in [0.29, 0.717) is 41.0 Å². The zero-order valence-electron chi connectivity index (χ0n) is 22.3. The molecular weight excluding hydrogens is 425 g/mol. The number of hydrogen-bond donors (Lipinski definition) is 4. The van der Waals surface area contributed by atoms with Crippen molar-refractivity contribution in [3.63, 3.8) is 0 Å². The maximum Gasteiger partial charge on any atom is 0.104 e. The van der Waals surface area contributed by atoms with Crippen LogP contribution in [-0.2, 0) is 0 Å². The van der Waals surface area contributed by atoms with E-state index < -0.39 is 6.17 Å². The molecule has 0 heterocycles. The van der Waals surface area contributed by atoms with Crippen LogP contribution in [0.15, 0.2) is 0 Å². The van der Waals surface area contributed by atoms with Crippen LogP contribution in [0.3, 0.4) is 0 Å². The van der Waals surface area contributed by atoms with E-state index in [1.54, 1.807) is 0 Å². The first kappa shape index (κ1) is 26.8. The fourth-order valence-electron chi connectivity index (χ4n) is 9.50. The average Bonchev–Trinajstić information content (AvgIpc) is 3.18. The normalized spacial score (nSPS) is 44.8. The molecule has 0 radical (unpaired) electrons. The summed E-state index contributed by atoms with van der Waals surface area (Å²) in [5.74, 6) is 2.77. The summed E-state index contributed by atoms with van der Waals surface area (Å²) >= 11 is 0. The third-order valence-corrected chi connectivity index (χ3v) is 11.5. The molecule has 0 aromatic heterocycles. The number of nitrogens with two attached hydrogens (primary N) is 1. The van der Waals surface area contributed by atoms with Gasteiger partial charge in [-0.05, 0) is 143 Å². The first-order chi connectivity index (χ1) is 16.3. The summed E-state index contributed by atoms with van der Waals surface area (Å²) in [6.07, 6.45) is 12.1. The lowest BCUT2D eigenvalue weighted by molar-refractivity contribution is -0.149. The van der Waals surface area contributed by atoms with Gasteiger partial charge in [0.05, 0.1) is 0 Å². The van der Waals surface area contributed by atoms with E-state index >= 15 is 4.39 Å². The Morgan fingerprint density at radius 1 is 0.941 bits per heavy atom. The van der Waals surface area contributed by atoms with Crippen molar-refractivity contribution >= 4 is 0 Å². The van der Waals surface area contributed by atoms with E-state index in [1.165, 1.54) is 44.9 Å². The Morgan fingerprint density at radius 2 is 1.68 bits per heavy atom. The molecule has 198 valence electrons. The van der Waals surface area contributed by atoms with Crippen LogP contribution in [-0.4, -0.2) is 50.1 Å². The molecule has 0 aromatic rings. The van der Waals surface area contributed by atoms with E-state index in [0.717, 1.165) is 51.9 Å². The molecule has 4 nitrogen and oxygen atoms in total. The molecule has 0 bridgehead atoms. The molecule has 4 aliphatic carbocycles. The van der Waals surface area contributed by atoms with Crippen molar-refractivity contribution in [2.75, 3.05) is 32.8 Å². The highest BCUT2D eigenvalue weighted by Gasteiger charge is 2.63. The van der Waals surface area contributed by atoms with Crippen LogP contribution in [0.2, 0.25) is 0 Å². The van der Waals surface area contributed by atoms with Crippen molar-refractivity contribution in [2.24, 2.45) is 52.1 Å². The Kier molecular flexibility index (Phi) is 9.03. The third kappa shape index (κ3) is 5.10. The number of aliphatic hydroxyl groups excluding tert-OH is 1. The van der Waals surface area contributed by atoms with Crippen molar-refractivity contribution in [3.05, 3.63) is 0 Å². The largest absolute Gasteiger partial charge is 0.396 e. The molecule has 0 aromatic carbocycles. The molecule has 4 saturated carbocycles. The van der Waals surface area contributed by atoms with Crippen LogP contribution in [0.4, 0.5) is 4.39 Å². The Bertz CT molecular complexity index is 649. The summed E-state index contributed by atoms with van der Waals surface area (Å²) in [5.41, 5.74) is 6.10. The van der Waals surface area contributed by atoms with Gasteiger partial charge in [0, 0.05) is 12.6 Å². The van der Waals surface area contributed by atoms with Crippen molar-refractivity contribution < 1.29 is 9.50 Å². The van der Waals surface area contributed by atoms with E-state index in [2.05, 4.69) is 31.4 Å². The van der Waals surface area contributed by atoms with Gasteiger partial charge >= 0.3 is 0 Å². The minimum Gasteiger partial charge on any atom is -0.396 e. The Labute approximate surface area is 208 Å². The summed E-state index contributed by atoms with van der Waals surface area (Å²) in [7, 11) is 0. The topological polar surface area (TPSA) is 70.3 Å². The van der Waals surface area contributed by atoms with Gasteiger partial charge in [0.25, 0.3) is 0 Å². The zero-order valence-corrected chi connectivity index (χ0v) is 22.3. The van der Waals surface area contributed by atoms with Gasteiger partial charge in [-0.15, -0.1) is 0 Å². The predicted molar refractivity (Wildman–Crippen MR) is 139 cm³/mol. The highest BCUT2D eigenvalue weighted by atomic mass is 19.1. The van der Waals surface area contributed by atoms with Gasteiger partial charge in [0.1, 0.15) is 6.17 Å². The molecule has 4 fully saturated rings. The lowest BCUT2D eigenvalue weighted by atomic mass is 9.44. The van der Waals surface area contributed by atoms with Crippen LogP contribution in [0, 0.1) is 46.3 Å². The van der Waals surface area contributed by atoms with Gasteiger partial charge in [-0.25, -0.2) is 4.39 Å². The molecule has 0 aliphatic heterocycles. The Balaban J connectivity index is 1.31. The van der Waals surface area contributed by atoms with E-state index in [-0.39, 0.29) is 17.9 Å². The van der Waals surface area contributed by atoms with Crippen molar-refractivity contribution in [2.45, 2.75) is 104 Å². The van der Waals surface area contributed by atoms with Crippen molar-refractivity contribution in [3.8, 4) is 0 Å². The molecule has 0 unspecified atom stereocenters. The van der Waals surface area contributed by atoms with E-state index in [4.69, 9.17) is 5.73 Å². The summed E-state index contributed by atoms with van der Waals surface area (Å²) in [4.78, 5) is 0. The third-order valence-electron chi connectivity index (χ3n) is 11.5. The fourth-order valence-corrected chi connectivity index (χ4v) is 9.50. The quantitative estimate of drug-likeness (QED) is 0.318. The second kappa shape index (κ2) is 11.4. The SMILES string of the molecule is C[C@H](CO)[C@H]1CC[C@H]2[C@@H]3[C@H](F)C[C@H]4C[C@H](NCCCNCCCCN)CC[C@]4(C)[C@H]3CC[C@]12C. The molecule has 4 rings (SSSR count). The highest BCUT2D eigenvalue weighted by Crippen LogP contribution is 2.68. The number of halogens is 1. The van der Waals surface area contributed by atoms with Crippen LogP contribution >= 0.6 is 0 Å². The molecule has 5 N–H and O–H groups in total. The molecule has 4 aliphatic rings. The first-order valence-corrected chi connectivity index (χ1v) is 14.7. The fraction of sp³-hybridized carbons (Fsp3) is 1.00. The van der Waals surface area contributed by atoms with Crippen molar-refractivity contribution in [1.29, 1.82) is 0 Å². The summed E-state index contributed by atoms with van der Waals surface area (Å²) in [6.45, 7) is 11.5. The maximum absolute atomic E-state index is 16.0. The number of rotatable bonds is 11. The van der Waals surface area contributed by atoms with Crippen LogP contribution in [0.25, 0.3) is 0 Å². The van der Waals surface area contributed by atoms with E-state index in [9.17, 15) is 5.11 Å². The lowest BCUT2D eigenvalue weighted by Gasteiger charge is -2.62. The summed E-state index contributed by atoms with van der Waals surface area (Å²) < 4.78 is 16.0. The predicted octanol–water partition coefficient (Wildman–Crippen LogP) is 4.90. The standard InChI is InChI=1S/C29H54FN3O/c1-20(19-34)23-7-8-24-27-25(10-12-29(23,24)3)28(2)11-9-22(17-21(28)18-26(27)30)33-16-6-15-32-14-5-4-13-31/h20-27,32-34H,4-19,31H2,1-3H3/t20-,21-,22-,23-,24+,25+,26-,27+,28+,29-/m1/s1. The summed E-state index contributed by atoms with van der Waals surface area (Å²) in [5, 5.41) is 17.2. The molecule has 10 atom stereocenters. The number of aliphatic hydroxyl groups is 1. The number of fused-ring (bicyclic) bond motifs is 5. The Morgan fingerprint density at radius 3 is 2.44 bits per heavy atom. The number of nitrogens with one attached hydrogen (secondary N) is 2. The minimum atomic E-state index is -0.632. The van der Waals surface area contributed by atoms with Gasteiger partial charge in [0.2, 0.25) is 0 Å².